The zero-order chi connectivity index (χ0) is 20.1. The van der Waals surface area contributed by atoms with Gasteiger partial charge in [-0.3, -0.25) is 0 Å². The molecule has 3 rings (SSSR count). The van der Waals surface area contributed by atoms with E-state index in [-0.39, 0.29) is 5.41 Å². The minimum absolute atomic E-state index is 0.0342. The number of hydrogen-bond acceptors (Lipinski definition) is 3. The molecule has 0 atom stereocenters. The molecule has 3 nitrogen and oxygen atoms in total. The Morgan fingerprint density at radius 2 is 1.54 bits per heavy atom. The second-order valence-electron chi connectivity index (χ2n) is 8.10. The van der Waals surface area contributed by atoms with Crippen LogP contribution in [0.3, 0.4) is 0 Å². The maximum Gasteiger partial charge on any atom is 0.124 e. The second kappa shape index (κ2) is 8.66. The Morgan fingerprint density at radius 1 is 0.857 bits per heavy atom. The largest absolute Gasteiger partial charge is 0.490 e. The van der Waals surface area contributed by atoms with Crippen molar-refractivity contribution in [1.29, 1.82) is 0 Å². The van der Waals surface area contributed by atoms with Crippen molar-refractivity contribution in [3.63, 3.8) is 0 Å². The fraction of sp³-hybridized carbons (Fsp3) is 0.360. The van der Waals surface area contributed by atoms with Gasteiger partial charge in [-0.25, -0.2) is 0 Å². The molecule has 0 amide bonds. The van der Waals surface area contributed by atoms with E-state index in [1.807, 2.05) is 18.2 Å². The van der Waals surface area contributed by atoms with Crippen molar-refractivity contribution < 1.29 is 9.47 Å². The van der Waals surface area contributed by atoms with E-state index < -0.39 is 0 Å². The van der Waals surface area contributed by atoms with Crippen molar-refractivity contribution in [2.75, 3.05) is 13.2 Å². The predicted molar refractivity (Wildman–Crippen MR) is 117 cm³/mol. The average molecular weight is 378 g/mol. The van der Waals surface area contributed by atoms with Crippen LogP contribution in [0.4, 0.5) is 0 Å². The summed E-state index contributed by atoms with van der Waals surface area (Å²) < 4.78 is 12.1. The molecule has 148 valence electrons. The first-order valence-corrected chi connectivity index (χ1v) is 10.0. The SMILES string of the molecule is CCc1ccc(OCCOc2ccc3ccccc3c2CN)c(C(C)(C)C)c1. The lowest BCUT2D eigenvalue weighted by Gasteiger charge is -2.24. The highest BCUT2D eigenvalue weighted by Gasteiger charge is 2.19. The van der Waals surface area contributed by atoms with E-state index in [4.69, 9.17) is 15.2 Å². The van der Waals surface area contributed by atoms with Crippen molar-refractivity contribution in [2.24, 2.45) is 5.73 Å². The lowest BCUT2D eigenvalue weighted by molar-refractivity contribution is 0.213. The molecular formula is C25H31NO2. The number of fused-ring (bicyclic) bond motifs is 1. The highest BCUT2D eigenvalue weighted by Crippen LogP contribution is 2.32. The Balaban J connectivity index is 1.69. The van der Waals surface area contributed by atoms with Gasteiger partial charge in [0.25, 0.3) is 0 Å². The van der Waals surface area contributed by atoms with Gasteiger partial charge in [0.1, 0.15) is 24.7 Å². The smallest absolute Gasteiger partial charge is 0.124 e. The van der Waals surface area contributed by atoms with E-state index >= 15 is 0 Å². The zero-order valence-corrected chi connectivity index (χ0v) is 17.4. The molecule has 0 bridgehead atoms. The van der Waals surface area contributed by atoms with Crippen LogP contribution in [-0.2, 0) is 18.4 Å². The maximum atomic E-state index is 6.09. The first-order chi connectivity index (χ1) is 13.4. The molecule has 0 radical (unpaired) electrons. The van der Waals surface area contributed by atoms with Gasteiger partial charge in [-0.1, -0.05) is 70.2 Å². The van der Waals surface area contributed by atoms with Gasteiger partial charge in [-0.15, -0.1) is 0 Å². The summed E-state index contributed by atoms with van der Waals surface area (Å²) >= 11 is 0. The molecule has 0 heterocycles. The molecule has 0 aliphatic carbocycles. The van der Waals surface area contributed by atoms with Gasteiger partial charge in [0, 0.05) is 12.1 Å². The lowest BCUT2D eigenvalue weighted by atomic mass is 9.85. The number of rotatable bonds is 7. The summed E-state index contributed by atoms with van der Waals surface area (Å²) in [6.07, 6.45) is 1.02. The Bertz CT molecular complexity index is 941. The lowest BCUT2D eigenvalue weighted by Crippen LogP contribution is -2.16. The van der Waals surface area contributed by atoms with E-state index in [0.29, 0.717) is 19.8 Å². The highest BCUT2D eigenvalue weighted by atomic mass is 16.5. The van der Waals surface area contributed by atoms with Crippen LogP contribution in [0, 0.1) is 0 Å². The van der Waals surface area contributed by atoms with E-state index in [1.54, 1.807) is 0 Å². The summed E-state index contributed by atoms with van der Waals surface area (Å²) in [7, 11) is 0. The fourth-order valence-electron chi connectivity index (χ4n) is 3.47. The van der Waals surface area contributed by atoms with Crippen molar-refractivity contribution in [2.45, 2.75) is 46.1 Å². The van der Waals surface area contributed by atoms with Crippen LogP contribution in [0.2, 0.25) is 0 Å². The number of nitrogens with two attached hydrogens (primary N) is 1. The molecule has 0 unspecified atom stereocenters. The molecular weight excluding hydrogens is 346 g/mol. The third-order valence-electron chi connectivity index (χ3n) is 5.06. The van der Waals surface area contributed by atoms with E-state index in [9.17, 15) is 0 Å². The van der Waals surface area contributed by atoms with Crippen molar-refractivity contribution in [3.05, 3.63) is 71.3 Å². The van der Waals surface area contributed by atoms with Crippen molar-refractivity contribution >= 4 is 10.8 Å². The van der Waals surface area contributed by atoms with Crippen LogP contribution in [-0.4, -0.2) is 13.2 Å². The summed E-state index contributed by atoms with van der Waals surface area (Å²) in [4.78, 5) is 0. The van der Waals surface area contributed by atoms with E-state index in [1.165, 1.54) is 16.5 Å². The molecule has 0 fully saturated rings. The Kier molecular flexibility index (Phi) is 6.25. The zero-order valence-electron chi connectivity index (χ0n) is 17.4. The summed E-state index contributed by atoms with van der Waals surface area (Å²) in [5, 5.41) is 2.32. The monoisotopic (exact) mass is 377 g/mol. The molecule has 0 spiro atoms. The summed E-state index contributed by atoms with van der Waals surface area (Å²) in [6, 6.07) is 18.8. The highest BCUT2D eigenvalue weighted by molar-refractivity contribution is 5.87. The minimum atomic E-state index is 0.0342. The Labute approximate surface area is 168 Å². The van der Waals surface area contributed by atoms with Gasteiger partial charge in [-0.2, -0.15) is 0 Å². The summed E-state index contributed by atoms with van der Waals surface area (Å²) in [5.41, 5.74) is 9.64. The van der Waals surface area contributed by atoms with Gasteiger partial charge in [0.2, 0.25) is 0 Å². The van der Waals surface area contributed by atoms with Crippen LogP contribution in [0.25, 0.3) is 10.8 Å². The first-order valence-electron chi connectivity index (χ1n) is 10.0. The molecule has 0 saturated carbocycles. The number of benzene rings is 3. The molecule has 0 saturated heterocycles. The fourth-order valence-corrected chi connectivity index (χ4v) is 3.47. The molecule has 3 aromatic carbocycles. The van der Waals surface area contributed by atoms with E-state index in [2.05, 4.69) is 64.1 Å². The van der Waals surface area contributed by atoms with Crippen molar-refractivity contribution in [3.8, 4) is 11.5 Å². The van der Waals surface area contributed by atoms with E-state index in [0.717, 1.165) is 28.9 Å². The molecule has 0 aliphatic heterocycles. The minimum Gasteiger partial charge on any atom is -0.490 e. The van der Waals surface area contributed by atoms with Gasteiger partial charge in [-0.05, 0) is 45.9 Å². The number of hydrogen-bond donors (Lipinski definition) is 1. The summed E-state index contributed by atoms with van der Waals surface area (Å²) in [6.45, 7) is 10.2. The third-order valence-corrected chi connectivity index (χ3v) is 5.06. The number of ether oxygens (including phenoxy) is 2. The topological polar surface area (TPSA) is 44.5 Å². The van der Waals surface area contributed by atoms with Crippen LogP contribution >= 0.6 is 0 Å². The van der Waals surface area contributed by atoms with Gasteiger partial charge in [0.05, 0.1) is 0 Å². The van der Waals surface area contributed by atoms with Crippen LogP contribution in [0.5, 0.6) is 11.5 Å². The van der Waals surface area contributed by atoms with Crippen LogP contribution < -0.4 is 15.2 Å². The van der Waals surface area contributed by atoms with Gasteiger partial charge in [0.15, 0.2) is 0 Å². The third kappa shape index (κ3) is 4.48. The van der Waals surface area contributed by atoms with Crippen LogP contribution in [0.1, 0.15) is 44.4 Å². The van der Waals surface area contributed by atoms with Gasteiger partial charge < -0.3 is 15.2 Å². The number of aryl methyl sites for hydroxylation is 1. The molecule has 3 heteroatoms. The molecule has 2 N–H and O–H groups in total. The van der Waals surface area contributed by atoms with Crippen molar-refractivity contribution in [1.82, 2.24) is 0 Å². The quantitative estimate of drug-likeness (QED) is 0.544. The Hall–Kier alpha value is -2.52. The molecule has 0 aromatic heterocycles. The Morgan fingerprint density at radius 3 is 2.21 bits per heavy atom. The molecule has 0 aliphatic rings. The maximum absolute atomic E-state index is 6.09. The second-order valence-corrected chi connectivity index (χ2v) is 8.10. The normalized spacial score (nSPS) is 11.6. The molecule has 28 heavy (non-hydrogen) atoms. The average Bonchev–Trinajstić information content (AvgIpc) is 2.70. The summed E-state index contributed by atoms with van der Waals surface area (Å²) in [5.74, 6) is 1.77. The van der Waals surface area contributed by atoms with Gasteiger partial charge >= 0.3 is 0 Å². The standard InChI is InChI=1S/C25H31NO2/c1-5-18-10-12-24(22(16-18)25(2,3)4)28-15-14-27-23-13-11-19-8-6-7-9-20(19)21(23)17-26/h6-13,16H,5,14-15,17,26H2,1-4H3. The van der Waals surface area contributed by atoms with Crippen LogP contribution in [0.15, 0.2) is 54.6 Å². The first kappa shape index (κ1) is 20.2. The predicted octanol–water partition coefficient (Wildman–Crippen LogP) is 5.62. The molecule has 3 aromatic rings.